The Hall–Kier alpha value is -1.57. The molecule has 0 amide bonds. The molecule has 3 aliphatic carbocycles. The van der Waals surface area contributed by atoms with Crippen LogP contribution in [0, 0.1) is 5.92 Å². The molecule has 0 spiro atoms. The van der Waals surface area contributed by atoms with Gasteiger partial charge >= 0.3 is 0 Å². The lowest BCUT2D eigenvalue weighted by atomic mass is 9.63. The van der Waals surface area contributed by atoms with E-state index < -0.39 is 0 Å². The van der Waals surface area contributed by atoms with Crippen LogP contribution in [0.5, 0.6) is 5.75 Å². The van der Waals surface area contributed by atoms with Gasteiger partial charge in [-0.1, -0.05) is 11.6 Å². The highest BCUT2D eigenvalue weighted by Gasteiger charge is 2.38. The van der Waals surface area contributed by atoms with E-state index in [1.165, 1.54) is 28.7 Å². The number of carbonyl (C=O) groups excluding carboxylic acids is 1. The number of rotatable bonds is 1. The van der Waals surface area contributed by atoms with E-state index in [0.717, 1.165) is 44.3 Å². The summed E-state index contributed by atoms with van der Waals surface area (Å²) in [5, 5.41) is 0. The van der Waals surface area contributed by atoms with Crippen LogP contribution < -0.4 is 4.74 Å². The number of ketones is 1. The van der Waals surface area contributed by atoms with Crippen LogP contribution >= 0.6 is 0 Å². The molecule has 0 bridgehead atoms. The molecule has 2 unspecified atom stereocenters. The Morgan fingerprint density at radius 2 is 1.90 bits per heavy atom. The molecule has 1 aromatic carbocycles. The molecule has 0 fully saturated rings. The molecular formula is C19H22O2. The number of ether oxygens (including phenoxy) is 1. The number of hydrogen-bond acceptors (Lipinski definition) is 2. The molecule has 3 aliphatic rings. The first-order valence-electron chi connectivity index (χ1n) is 8.20. The molecule has 2 heteroatoms. The highest BCUT2D eigenvalue weighted by Crippen LogP contribution is 2.50. The number of Topliss-reactive ketones (excluding diaryl/α,β-unsaturated/α-hetero) is 1. The molecule has 1 aromatic rings. The fourth-order valence-corrected chi connectivity index (χ4v) is 4.72. The summed E-state index contributed by atoms with van der Waals surface area (Å²) in [6, 6.07) is 6.57. The summed E-state index contributed by atoms with van der Waals surface area (Å²) in [6.45, 7) is 0. The molecule has 4 rings (SSSR count). The van der Waals surface area contributed by atoms with Gasteiger partial charge in [-0.15, -0.1) is 0 Å². The third kappa shape index (κ3) is 2.04. The smallest absolute Gasteiger partial charge is 0.158 e. The average molecular weight is 282 g/mol. The van der Waals surface area contributed by atoms with Crippen LogP contribution in [0.1, 0.15) is 55.6 Å². The summed E-state index contributed by atoms with van der Waals surface area (Å²) >= 11 is 0. The second kappa shape index (κ2) is 5.01. The van der Waals surface area contributed by atoms with Gasteiger partial charge in [0.15, 0.2) is 5.78 Å². The standard InChI is InChI=1S/C19H22O2/c1-21-13-6-8-14-12(11-13)5-7-17-15-3-2-4-19(20)18(15)10-9-16(14)17/h6,8,11,16-17H,2-5,7,9-10H2,1H3. The van der Waals surface area contributed by atoms with E-state index in [1.807, 2.05) is 0 Å². The van der Waals surface area contributed by atoms with Crippen molar-refractivity contribution in [3.8, 4) is 5.75 Å². The van der Waals surface area contributed by atoms with E-state index in [-0.39, 0.29) is 0 Å². The van der Waals surface area contributed by atoms with Crippen molar-refractivity contribution in [3.05, 3.63) is 40.5 Å². The summed E-state index contributed by atoms with van der Waals surface area (Å²) < 4.78 is 5.36. The molecule has 0 N–H and O–H groups in total. The van der Waals surface area contributed by atoms with Gasteiger partial charge in [-0.05, 0) is 79.2 Å². The summed E-state index contributed by atoms with van der Waals surface area (Å²) in [4.78, 5) is 12.2. The number of aryl methyl sites for hydroxylation is 1. The van der Waals surface area contributed by atoms with E-state index in [0.29, 0.717) is 17.6 Å². The molecule has 0 aliphatic heterocycles. The predicted octanol–water partition coefficient (Wildman–Crippen LogP) is 4.18. The fraction of sp³-hybridized carbons (Fsp3) is 0.526. The number of fused-ring (bicyclic) bond motifs is 4. The lowest BCUT2D eigenvalue weighted by molar-refractivity contribution is -0.116. The minimum absolute atomic E-state index is 0.440. The van der Waals surface area contributed by atoms with Crippen molar-refractivity contribution in [2.45, 2.75) is 50.9 Å². The first kappa shape index (κ1) is 13.1. The SMILES string of the molecule is COc1ccc2c(c1)CCC1C3=C(CCC21)C(=O)CCC3. The van der Waals surface area contributed by atoms with Gasteiger partial charge in [0.05, 0.1) is 7.11 Å². The maximum absolute atomic E-state index is 12.2. The van der Waals surface area contributed by atoms with Crippen molar-refractivity contribution in [3.63, 3.8) is 0 Å². The van der Waals surface area contributed by atoms with Gasteiger partial charge in [-0.2, -0.15) is 0 Å². The molecule has 2 nitrogen and oxygen atoms in total. The molecule has 0 saturated heterocycles. The third-order valence-corrected chi connectivity index (χ3v) is 5.69. The number of allylic oxidation sites excluding steroid dienone is 2. The highest BCUT2D eigenvalue weighted by molar-refractivity contribution is 5.97. The summed E-state index contributed by atoms with van der Waals surface area (Å²) in [5.74, 6) is 2.66. The van der Waals surface area contributed by atoms with Gasteiger partial charge < -0.3 is 4.74 Å². The van der Waals surface area contributed by atoms with Crippen molar-refractivity contribution in [1.29, 1.82) is 0 Å². The lowest BCUT2D eigenvalue weighted by Gasteiger charge is -2.41. The number of methoxy groups -OCH3 is 1. The van der Waals surface area contributed by atoms with Crippen molar-refractivity contribution in [1.82, 2.24) is 0 Å². The number of benzene rings is 1. The third-order valence-electron chi connectivity index (χ3n) is 5.69. The summed E-state index contributed by atoms with van der Waals surface area (Å²) in [5.41, 5.74) is 5.70. The first-order valence-corrected chi connectivity index (χ1v) is 8.20. The van der Waals surface area contributed by atoms with Crippen molar-refractivity contribution in [2.24, 2.45) is 5.92 Å². The molecule has 2 atom stereocenters. The quantitative estimate of drug-likeness (QED) is 0.772. The van der Waals surface area contributed by atoms with Gasteiger partial charge in [0.25, 0.3) is 0 Å². The van der Waals surface area contributed by atoms with Crippen LogP contribution in [0.4, 0.5) is 0 Å². The molecule has 110 valence electrons. The molecule has 0 saturated carbocycles. The lowest BCUT2D eigenvalue weighted by Crippen LogP contribution is -2.30. The molecule has 0 aromatic heterocycles. The Morgan fingerprint density at radius 1 is 1.05 bits per heavy atom. The second-order valence-corrected chi connectivity index (χ2v) is 6.64. The Bertz CT molecular complexity index is 626. The van der Waals surface area contributed by atoms with Gasteiger partial charge in [0.2, 0.25) is 0 Å². The van der Waals surface area contributed by atoms with Crippen LogP contribution in [0.15, 0.2) is 29.3 Å². The van der Waals surface area contributed by atoms with Crippen LogP contribution in [-0.2, 0) is 11.2 Å². The Balaban J connectivity index is 1.73. The largest absolute Gasteiger partial charge is 0.497 e. The monoisotopic (exact) mass is 282 g/mol. The summed E-state index contributed by atoms with van der Waals surface area (Å²) in [7, 11) is 1.73. The zero-order chi connectivity index (χ0) is 14.4. The Morgan fingerprint density at radius 3 is 2.76 bits per heavy atom. The molecule has 0 radical (unpaired) electrons. The van der Waals surface area contributed by atoms with Gasteiger partial charge in [-0.25, -0.2) is 0 Å². The Kier molecular flexibility index (Phi) is 3.13. The molecule has 21 heavy (non-hydrogen) atoms. The fourth-order valence-electron chi connectivity index (χ4n) is 4.72. The molecular weight excluding hydrogens is 260 g/mol. The Labute approximate surface area is 126 Å². The highest BCUT2D eigenvalue weighted by atomic mass is 16.5. The minimum Gasteiger partial charge on any atom is -0.497 e. The maximum Gasteiger partial charge on any atom is 0.158 e. The zero-order valence-electron chi connectivity index (χ0n) is 12.7. The van der Waals surface area contributed by atoms with Crippen molar-refractivity contribution >= 4 is 5.78 Å². The van der Waals surface area contributed by atoms with E-state index in [2.05, 4.69) is 18.2 Å². The van der Waals surface area contributed by atoms with E-state index >= 15 is 0 Å². The van der Waals surface area contributed by atoms with Crippen molar-refractivity contribution < 1.29 is 9.53 Å². The van der Waals surface area contributed by atoms with Crippen LogP contribution in [-0.4, -0.2) is 12.9 Å². The van der Waals surface area contributed by atoms with Gasteiger partial charge in [0.1, 0.15) is 5.75 Å². The maximum atomic E-state index is 12.2. The van der Waals surface area contributed by atoms with Crippen LogP contribution in [0.25, 0.3) is 0 Å². The minimum atomic E-state index is 0.440. The van der Waals surface area contributed by atoms with Gasteiger partial charge in [0, 0.05) is 6.42 Å². The zero-order valence-corrected chi connectivity index (χ0v) is 12.7. The normalized spacial score (nSPS) is 27.8. The predicted molar refractivity (Wildman–Crippen MR) is 82.7 cm³/mol. The van der Waals surface area contributed by atoms with E-state index in [4.69, 9.17) is 4.74 Å². The number of carbonyl (C=O) groups is 1. The van der Waals surface area contributed by atoms with Gasteiger partial charge in [-0.3, -0.25) is 4.79 Å². The van der Waals surface area contributed by atoms with Crippen molar-refractivity contribution in [2.75, 3.05) is 7.11 Å². The number of hydrogen-bond donors (Lipinski definition) is 0. The van der Waals surface area contributed by atoms with E-state index in [9.17, 15) is 4.79 Å². The first-order chi connectivity index (χ1) is 10.3. The summed E-state index contributed by atoms with van der Waals surface area (Å²) in [6.07, 6.45) is 7.49. The second-order valence-electron chi connectivity index (χ2n) is 6.64. The van der Waals surface area contributed by atoms with E-state index in [1.54, 1.807) is 7.11 Å². The average Bonchev–Trinajstić information content (AvgIpc) is 2.54. The van der Waals surface area contributed by atoms with Crippen LogP contribution in [0.3, 0.4) is 0 Å². The topological polar surface area (TPSA) is 26.3 Å². The molecule has 0 heterocycles. The van der Waals surface area contributed by atoms with Crippen LogP contribution in [0.2, 0.25) is 0 Å².